The Bertz CT molecular complexity index is 1440. The van der Waals surface area contributed by atoms with Crippen LogP contribution in [0.1, 0.15) is 50.3 Å². The van der Waals surface area contributed by atoms with Crippen LogP contribution in [-0.4, -0.2) is 50.9 Å². The van der Waals surface area contributed by atoms with Crippen LogP contribution in [0.4, 0.5) is 5.69 Å². The minimum Gasteiger partial charge on any atom is -0.497 e. The first kappa shape index (κ1) is 31.7. The second-order valence-corrected chi connectivity index (χ2v) is 12.1. The van der Waals surface area contributed by atoms with Crippen molar-refractivity contribution in [1.29, 1.82) is 0 Å². The van der Waals surface area contributed by atoms with E-state index in [9.17, 15) is 18.0 Å². The number of sulfonamides is 1. The Labute approximate surface area is 244 Å². The average molecular weight is 580 g/mol. The monoisotopic (exact) mass is 579 g/mol. The molecule has 0 fully saturated rings. The van der Waals surface area contributed by atoms with E-state index in [0.717, 1.165) is 27.4 Å². The number of aryl methyl sites for hydroxylation is 2. The highest BCUT2D eigenvalue weighted by Crippen LogP contribution is 2.28. The summed E-state index contributed by atoms with van der Waals surface area (Å²) in [7, 11) is -2.66. The molecular formula is C32H41N3O5S. The van der Waals surface area contributed by atoms with Crippen molar-refractivity contribution in [1.82, 2.24) is 10.2 Å². The molecule has 3 rings (SSSR count). The minimum atomic E-state index is -4.15. The van der Waals surface area contributed by atoms with Gasteiger partial charge >= 0.3 is 0 Å². The SMILES string of the molecule is CC[C@H](C)NC(=O)[C@H](CC)N(Cc1cccc(C)c1)C(=O)CN(c1cccc(OC)c1)S(=O)(=O)c1ccc(C)cc1. The minimum absolute atomic E-state index is 0.0607. The highest BCUT2D eigenvalue weighted by Gasteiger charge is 2.34. The summed E-state index contributed by atoms with van der Waals surface area (Å²) in [6.07, 6.45) is 1.11. The third kappa shape index (κ3) is 8.10. The van der Waals surface area contributed by atoms with Crippen molar-refractivity contribution in [2.45, 2.75) is 71.0 Å². The summed E-state index contributed by atoms with van der Waals surface area (Å²) >= 11 is 0. The molecule has 3 aromatic rings. The molecule has 0 aliphatic heterocycles. The number of rotatable bonds is 13. The Hall–Kier alpha value is -3.85. The summed E-state index contributed by atoms with van der Waals surface area (Å²) in [4.78, 5) is 29.1. The first-order valence-corrected chi connectivity index (χ1v) is 15.3. The van der Waals surface area contributed by atoms with Crippen molar-refractivity contribution in [3.63, 3.8) is 0 Å². The molecule has 0 aliphatic carbocycles. The quantitative estimate of drug-likeness (QED) is 0.299. The summed E-state index contributed by atoms with van der Waals surface area (Å²) in [6, 6.07) is 19.9. The second kappa shape index (κ2) is 14.2. The molecule has 2 amide bonds. The van der Waals surface area contributed by atoms with Gasteiger partial charge in [-0.1, -0.05) is 67.4 Å². The number of carbonyl (C=O) groups excluding carboxylic acids is 2. The van der Waals surface area contributed by atoms with E-state index in [2.05, 4.69) is 5.32 Å². The van der Waals surface area contributed by atoms with Gasteiger partial charge < -0.3 is 15.0 Å². The van der Waals surface area contributed by atoms with Gasteiger partial charge in [-0.2, -0.15) is 0 Å². The Morgan fingerprint density at radius 1 is 0.902 bits per heavy atom. The van der Waals surface area contributed by atoms with Crippen molar-refractivity contribution in [2.24, 2.45) is 0 Å². The van der Waals surface area contributed by atoms with Crippen LogP contribution < -0.4 is 14.4 Å². The maximum absolute atomic E-state index is 14.2. The fourth-order valence-electron chi connectivity index (χ4n) is 4.50. The molecule has 2 atom stereocenters. The molecule has 8 nitrogen and oxygen atoms in total. The third-order valence-corrected chi connectivity index (χ3v) is 8.84. The molecule has 1 N–H and O–H groups in total. The van der Waals surface area contributed by atoms with Crippen molar-refractivity contribution in [3.05, 3.63) is 89.5 Å². The van der Waals surface area contributed by atoms with Crippen molar-refractivity contribution in [3.8, 4) is 5.75 Å². The highest BCUT2D eigenvalue weighted by molar-refractivity contribution is 7.92. The molecule has 0 heterocycles. The average Bonchev–Trinajstić information content (AvgIpc) is 2.95. The highest BCUT2D eigenvalue weighted by atomic mass is 32.2. The number of ether oxygens (including phenoxy) is 1. The van der Waals surface area contributed by atoms with E-state index in [1.54, 1.807) is 36.4 Å². The number of benzene rings is 3. The van der Waals surface area contributed by atoms with Crippen LogP contribution in [0, 0.1) is 13.8 Å². The Morgan fingerprint density at radius 3 is 2.20 bits per heavy atom. The molecule has 3 aromatic carbocycles. The predicted octanol–water partition coefficient (Wildman–Crippen LogP) is 5.23. The van der Waals surface area contributed by atoms with Crippen LogP contribution in [0.2, 0.25) is 0 Å². The summed E-state index contributed by atoms with van der Waals surface area (Å²) in [6.45, 7) is 9.23. The Morgan fingerprint density at radius 2 is 1.59 bits per heavy atom. The molecule has 41 heavy (non-hydrogen) atoms. The van der Waals surface area contributed by atoms with Crippen LogP contribution in [-0.2, 0) is 26.2 Å². The van der Waals surface area contributed by atoms with E-state index in [-0.39, 0.29) is 29.1 Å². The van der Waals surface area contributed by atoms with Crippen LogP contribution >= 0.6 is 0 Å². The van der Waals surface area contributed by atoms with Gasteiger partial charge in [0.05, 0.1) is 17.7 Å². The molecule has 0 spiro atoms. The maximum atomic E-state index is 14.2. The Kier molecular flexibility index (Phi) is 10.9. The van der Waals surface area contributed by atoms with Gasteiger partial charge in [0.25, 0.3) is 10.0 Å². The lowest BCUT2D eigenvalue weighted by atomic mass is 10.1. The molecule has 0 saturated heterocycles. The van der Waals surface area contributed by atoms with E-state index >= 15 is 0 Å². The van der Waals surface area contributed by atoms with Crippen molar-refractivity contribution >= 4 is 27.5 Å². The van der Waals surface area contributed by atoms with Gasteiger partial charge in [0.1, 0.15) is 18.3 Å². The molecule has 0 saturated carbocycles. The number of nitrogens with zero attached hydrogens (tertiary/aromatic N) is 2. The fourth-order valence-corrected chi connectivity index (χ4v) is 5.91. The fraction of sp³-hybridized carbons (Fsp3) is 0.375. The molecule has 0 aliphatic rings. The molecular weight excluding hydrogens is 538 g/mol. The topological polar surface area (TPSA) is 96.0 Å². The van der Waals surface area contributed by atoms with Gasteiger partial charge in [-0.25, -0.2) is 8.42 Å². The molecule has 0 aromatic heterocycles. The standard InChI is InChI=1S/C32H41N3O5S/c1-7-25(5)33-32(37)30(8-2)34(21-26-12-9-11-24(4)19-26)31(36)22-35(27-13-10-14-28(20-27)40-6)41(38,39)29-17-15-23(3)16-18-29/h9-20,25,30H,7-8,21-22H2,1-6H3,(H,33,37)/t25-,30-/m0/s1. The van der Waals surface area contributed by atoms with E-state index in [4.69, 9.17) is 4.74 Å². The molecule has 220 valence electrons. The van der Waals surface area contributed by atoms with Crippen molar-refractivity contribution < 1.29 is 22.7 Å². The predicted molar refractivity (Wildman–Crippen MR) is 162 cm³/mol. The lowest BCUT2D eigenvalue weighted by molar-refractivity contribution is -0.140. The molecule has 0 bridgehead atoms. The normalized spacial score (nSPS) is 12.7. The van der Waals surface area contributed by atoms with Gasteiger partial charge in [-0.15, -0.1) is 0 Å². The summed E-state index contributed by atoms with van der Waals surface area (Å²) in [5.41, 5.74) is 3.07. The number of methoxy groups -OCH3 is 1. The summed E-state index contributed by atoms with van der Waals surface area (Å²) < 4.78 is 34.4. The maximum Gasteiger partial charge on any atom is 0.264 e. The zero-order chi connectivity index (χ0) is 30.2. The lowest BCUT2D eigenvalue weighted by Gasteiger charge is -2.34. The van der Waals surface area contributed by atoms with E-state index in [1.165, 1.54) is 24.1 Å². The second-order valence-electron chi connectivity index (χ2n) is 10.3. The van der Waals surface area contributed by atoms with Gasteiger partial charge in [0, 0.05) is 18.7 Å². The molecule has 0 radical (unpaired) electrons. The smallest absolute Gasteiger partial charge is 0.264 e. The number of anilines is 1. The van der Waals surface area contributed by atoms with Gasteiger partial charge in [0.15, 0.2) is 0 Å². The molecule has 9 heteroatoms. The number of hydrogen-bond acceptors (Lipinski definition) is 5. The number of amides is 2. The zero-order valence-corrected chi connectivity index (χ0v) is 25.6. The van der Waals surface area contributed by atoms with E-state index in [0.29, 0.717) is 12.2 Å². The largest absolute Gasteiger partial charge is 0.497 e. The van der Waals surface area contributed by atoms with Gasteiger partial charge in [-0.05, 0) is 63.4 Å². The van der Waals surface area contributed by atoms with Crippen LogP contribution in [0.15, 0.2) is 77.7 Å². The molecule has 0 unspecified atom stereocenters. The zero-order valence-electron chi connectivity index (χ0n) is 24.8. The first-order valence-electron chi connectivity index (χ1n) is 13.9. The number of nitrogens with one attached hydrogen (secondary N) is 1. The van der Waals surface area contributed by atoms with Crippen LogP contribution in [0.3, 0.4) is 0 Å². The van der Waals surface area contributed by atoms with Gasteiger partial charge in [0.2, 0.25) is 11.8 Å². The first-order chi connectivity index (χ1) is 19.5. The van der Waals surface area contributed by atoms with Crippen LogP contribution in [0.5, 0.6) is 5.75 Å². The summed E-state index contributed by atoms with van der Waals surface area (Å²) in [5.74, 6) is -0.302. The summed E-state index contributed by atoms with van der Waals surface area (Å²) in [5, 5.41) is 2.99. The number of carbonyl (C=O) groups is 2. The van der Waals surface area contributed by atoms with E-state index in [1.807, 2.05) is 58.9 Å². The Balaban J connectivity index is 2.08. The lowest BCUT2D eigenvalue weighted by Crippen LogP contribution is -2.53. The van der Waals surface area contributed by atoms with Gasteiger partial charge in [-0.3, -0.25) is 13.9 Å². The number of hydrogen-bond donors (Lipinski definition) is 1. The van der Waals surface area contributed by atoms with Crippen LogP contribution in [0.25, 0.3) is 0 Å². The van der Waals surface area contributed by atoms with Crippen molar-refractivity contribution in [2.75, 3.05) is 18.0 Å². The van der Waals surface area contributed by atoms with E-state index < -0.39 is 28.5 Å². The third-order valence-electron chi connectivity index (χ3n) is 7.05.